The van der Waals surface area contributed by atoms with E-state index in [1.54, 1.807) is 0 Å². The standard InChI is InChI=1S/C10H23O2Si/c1-6-12-10(2)9-11-7-8-13(3,4)5/h6-9H2,1-5H3. The van der Waals surface area contributed by atoms with Gasteiger partial charge in [0.05, 0.1) is 6.61 Å². The molecule has 0 aromatic rings. The fourth-order valence-electron chi connectivity index (χ4n) is 0.882. The van der Waals surface area contributed by atoms with Crippen molar-refractivity contribution in [1.82, 2.24) is 0 Å². The molecule has 0 spiro atoms. The van der Waals surface area contributed by atoms with Crippen LogP contribution in [-0.4, -0.2) is 27.9 Å². The molecule has 0 unspecified atom stereocenters. The first-order valence-corrected chi connectivity index (χ1v) is 8.69. The molecule has 0 aliphatic rings. The maximum atomic E-state index is 5.50. The van der Waals surface area contributed by atoms with Gasteiger partial charge in [-0.15, -0.1) is 0 Å². The van der Waals surface area contributed by atoms with E-state index in [1.807, 2.05) is 13.8 Å². The van der Waals surface area contributed by atoms with Crippen LogP contribution in [-0.2, 0) is 9.47 Å². The second-order valence-electron chi connectivity index (χ2n) is 4.50. The van der Waals surface area contributed by atoms with E-state index in [2.05, 4.69) is 19.6 Å². The molecule has 0 amide bonds. The first-order chi connectivity index (χ1) is 5.95. The smallest absolute Gasteiger partial charge is 0.119 e. The van der Waals surface area contributed by atoms with E-state index in [-0.39, 0.29) is 0 Å². The quantitative estimate of drug-likeness (QED) is 0.468. The largest absolute Gasteiger partial charge is 0.379 e. The summed E-state index contributed by atoms with van der Waals surface area (Å²) < 4.78 is 10.8. The lowest BCUT2D eigenvalue weighted by molar-refractivity contribution is 0.0666. The lowest BCUT2D eigenvalue weighted by Crippen LogP contribution is -2.22. The van der Waals surface area contributed by atoms with E-state index < -0.39 is 8.07 Å². The Morgan fingerprint density at radius 3 is 2.31 bits per heavy atom. The molecule has 0 bridgehead atoms. The molecule has 0 atom stereocenters. The zero-order valence-corrected chi connectivity index (χ0v) is 10.6. The maximum Gasteiger partial charge on any atom is 0.119 e. The molecule has 79 valence electrons. The minimum atomic E-state index is -0.923. The van der Waals surface area contributed by atoms with Crippen LogP contribution in [0.1, 0.15) is 13.8 Å². The van der Waals surface area contributed by atoms with E-state index in [9.17, 15) is 0 Å². The van der Waals surface area contributed by atoms with Crippen molar-refractivity contribution in [3.63, 3.8) is 0 Å². The van der Waals surface area contributed by atoms with Gasteiger partial charge >= 0.3 is 0 Å². The average Bonchev–Trinajstić information content (AvgIpc) is 1.97. The van der Waals surface area contributed by atoms with Gasteiger partial charge in [-0.3, -0.25) is 0 Å². The fraction of sp³-hybridized carbons (Fsp3) is 0.900. The zero-order valence-electron chi connectivity index (χ0n) is 9.64. The molecule has 0 saturated carbocycles. The summed E-state index contributed by atoms with van der Waals surface area (Å²) in [5, 5.41) is 0. The van der Waals surface area contributed by atoms with Crippen molar-refractivity contribution in [3.8, 4) is 0 Å². The Balaban J connectivity index is 3.25. The van der Waals surface area contributed by atoms with E-state index in [0.29, 0.717) is 6.61 Å². The van der Waals surface area contributed by atoms with Crippen LogP contribution >= 0.6 is 0 Å². The normalized spacial score (nSPS) is 12.5. The monoisotopic (exact) mass is 203 g/mol. The molecular formula is C10H23O2Si. The van der Waals surface area contributed by atoms with Gasteiger partial charge in [0, 0.05) is 21.3 Å². The predicted octanol–water partition coefficient (Wildman–Crippen LogP) is 2.93. The lowest BCUT2D eigenvalue weighted by atomic mass is 10.4. The molecule has 0 aromatic heterocycles. The van der Waals surface area contributed by atoms with Crippen LogP contribution in [0.4, 0.5) is 0 Å². The first kappa shape index (κ1) is 13.1. The Bertz CT molecular complexity index is 121. The van der Waals surface area contributed by atoms with Crippen LogP contribution in [0.25, 0.3) is 0 Å². The minimum absolute atomic E-state index is 0.651. The third kappa shape index (κ3) is 10.1. The number of hydrogen-bond acceptors (Lipinski definition) is 2. The number of ether oxygens (including phenoxy) is 2. The SMILES string of the molecule is CCO[C](C)COCC[Si](C)(C)C. The molecule has 0 rings (SSSR count). The van der Waals surface area contributed by atoms with Crippen LogP contribution < -0.4 is 0 Å². The first-order valence-electron chi connectivity index (χ1n) is 4.98. The Morgan fingerprint density at radius 2 is 1.85 bits per heavy atom. The van der Waals surface area contributed by atoms with Crippen molar-refractivity contribution in [1.29, 1.82) is 0 Å². The van der Waals surface area contributed by atoms with E-state index in [4.69, 9.17) is 9.47 Å². The molecule has 0 N–H and O–H groups in total. The molecule has 3 heteroatoms. The van der Waals surface area contributed by atoms with Crippen LogP contribution in [0.3, 0.4) is 0 Å². The Hall–Kier alpha value is 0.137. The van der Waals surface area contributed by atoms with Gasteiger partial charge in [0.2, 0.25) is 0 Å². The molecule has 0 aromatic carbocycles. The molecule has 0 aliphatic carbocycles. The molecular weight excluding hydrogens is 180 g/mol. The lowest BCUT2D eigenvalue weighted by Gasteiger charge is -2.16. The van der Waals surface area contributed by atoms with Gasteiger partial charge in [-0.1, -0.05) is 19.6 Å². The highest BCUT2D eigenvalue weighted by Gasteiger charge is 2.12. The van der Waals surface area contributed by atoms with E-state index in [1.165, 1.54) is 6.04 Å². The Morgan fingerprint density at radius 1 is 1.23 bits per heavy atom. The summed E-state index contributed by atoms with van der Waals surface area (Å²) in [4.78, 5) is 0. The molecule has 13 heavy (non-hydrogen) atoms. The van der Waals surface area contributed by atoms with Gasteiger partial charge < -0.3 is 9.47 Å². The molecule has 0 aliphatic heterocycles. The molecule has 0 heterocycles. The maximum absolute atomic E-state index is 5.50. The summed E-state index contributed by atoms with van der Waals surface area (Å²) in [6.07, 6.45) is 0.984. The van der Waals surface area contributed by atoms with Crippen LogP contribution in [0.5, 0.6) is 0 Å². The van der Waals surface area contributed by atoms with Gasteiger partial charge in [0.15, 0.2) is 0 Å². The predicted molar refractivity (Wildman–Crippen MR) is 59.5 cm³/mol. The highest BCUT2D eigenvalue weighted by molar-refractivity contribution is 6.76. The third-order valence-corrected chi connectivity index (χ3v) is 3.40. The molecule has 1 radical (unpaired) electrons. The number of rotatable bonds is 7. The van der Waals surface area contributed by atoms with Gasteiger partial charge in [-0.25, -0.2) is 0 Å². The van der Waals surface area contributed by atoms with Crippen LogP contribution in [0, 0.1) is 6.10 Å². The van der Waals surface area contributed by atoms with Gasteiger partial charge in [0.1, 0.15) is 6.10 Å². The van der Waals surface area contributed by atoms with Crippen molar-refractivity contribution < 1.29 is 9.47 Å². The molecule has 2 nitrogen and oxygen atoms in total. The summed E-state index contributed by atoms with van der Waals surface area (Å²) in [7, 11) is -0.923. The summed E-state index contributed by atoms with van der Waals surface area (Å²) in [6, 6.07) is 1.23. The van der Waals surface area contributed by atoms with Gasteiger partial charge in [-0.05, 0) is 19.9 Å². The van der Waals surface area contributed by atoms with Crippen molar-refractivity contribution in [3.05, 3.63) is 6.10 Å². The second kappa shape index (κ2) is 6.57. The van der Waals surface area contributed by atoms with E-state index in [0.717, 1.165) is 19.3 Å². The van der Waals surface area contributed by atoms with Crippen LogP contribution in [0.2, 0.25) is 25.7 Å². The summed E-state index contributed by atoms with van der Waals surface area (Å²) >= 11 is 0. The van der Waals surface area contributed by atoms with Gasteiger partial charge in [0.25, 0.3) is 0 Å². The highest BCUT2D eigenvalue weighted by Crippen LogP contribution is 2.08. The molecule has 0 fully saturated rings. The average molecular weight is 203 g/mol. The minimum Gasteiger partial charge on any atom is -0.379 e. The third-order valence-electron chi connectivity index (χ3n) is 1.69. The van der Waals surface area contributed by atoms with Crippen molar-refractivity contribution >= 4 is 8.07 Å². The Labute approximate surface area is 83.6 Å². The zero-order chi connectivity index (χ0) is 10.3. The summed E-state index contributed by atoms with van der Waals surface area (Å²) in [5.74, 6) is 0. The van der Waals surface area contributed by atoms with Crippen molar-refractivity contribution in [2.45, 2.75) is 39.5 Å². The highest BCUT2D eigenvalue weighted by atomic mass is 28.3. The molecule has 0 saturated heterocycles. The number of hydrogen-bond donors (Lipinski definition) is 0. The summed E-state index contributed by atoms with van der Waals surface area (Å²) in [6.45, 7) is 13.3. The van der Waals surface area contributed by atoms with Crippen LogP contribution in [0.15, 0.2) is 0 Å². The Kier molecular flexibility index (Phi) is 6.64. The topological polar surface area (TPSA) is 18.5 Å². The summed E-state index contributed by atoms with van der Waals surface area (Å²) in [5.41, 5.74) is 0. The van der Waals surface area contributed by atoms with Crippen molar-refractivity contribution in [2.24, 2.45) is 0 Å². The van der Waals surface area contributed by atoms with Gasteiger partial charge in [-0.2, -0.15) is 0 Å². The van der Waals surface area contributed by atoms with Crippen molar-refractivity contribution in [2.75, 3.05) is 19.8 Å². The van der Waals surface area contributed by atoms with E-state index >= 15 is 0 Å². The fourth-order valence-corrected chi connectivity index (χ4v) is 1.64. The second-order valence-corrected chi connectivity index (χ2v) is 10.1.